The van der Waals surface area contributed by atoms with Gasteiger partial charge in [0.2, 0.25) is 0 Å². The third-order valence-electron chi connectivity index (χ3n) is 5.86. The third kappa shape index (κ3) is 4.09. The maximum Gasteiger partial charge on any atom is 0.324 e. The van der Waals surface area contributed by atoms with Crippen LogP contribution >= 0.6 is 15.9 Å². The molecule has 0 radical (unpaired) electrons. The Morgan fingerprint density at radius 3 is 2.54 bits per heavy atom. The average molecular weight is 450 g/mol. The van der Waals surface area contributed by atoms with E-state index in [1.807, 2.05) is 19.1 Å². The van der Waals surface area contributed by atoms with E-state index < -0.39 is 0 Å². The predicted octanol–water partition coefficient (Wildman–Crippen LogP) is 4.57. The van der Waals surface area contributed by atoms with Gasteiger partial charge in [0.05, 0.1) is 17.9 Å². The molecule has 0 N–H and O–H groups in total. The molecule has 1 saturated heterocycles. The zero-order valence-corrected chi connectivity index (χ0v) is 18.5. The third-order valence-corrected chi connectivity index (χ3v) is 6.39. The molecule has 1 fully saturated rings. The van der Waals surface area contributed by atoms with Crippen molar-refractivity contribution in [2.75, 3.05) is 24.6 Å². The molecule has 0 aliphatic carbocycles. The van der Waals surface area contributed by atoms with Gasteiger partial charge in [-0.1, -0.05) is 47.1 Å². The molecule has 1 atom stereocenters. The van der Waals surface area contributed by atoms with Crippen molar-refractivity contribution in [2.45, 2.75) is 46.0 Å². The SMILES string of the molecule is CCOC(=O)C1CCN(c2nc(C(C)(c3ccc(Br)cc3)C(C)C)no2)CC1. The first-order chi connectivity index (χ1) is 13.4. The minimum Gasteiger partial charge on any atom is -0.466 e. The maximum atomic E-state index is 11.9. The summed E-state index contributed by atoms with van der Waals surface area (Å²) in [6.45, 7) is 10.2. The van der Waals surface area contributed by atoms with E-state index in [0.717, 1.165) is 22.9 Å². The van der Waals surface area contributed by atoms with E-state index in [9.17, 15) is 4.79 Å². The van der Waals surface area contributed by atoms with Crippen molar-refractivity contribution >= 4 is 27.9 Å². The Bertz CT molecular complexity index is 797. The fourth-order valence-electron chi connectivity index (χ4n) is 3.64. The first-order valence-corrected chi connectivity index (χ1v) is 10.7. The lowest BCUT2D eigenvalue weighted by molar-refractivity contribution is -0.148. The molecule has 28 heavy (non-hydrogen) atoms. The summed E-state index contributed by atoms with van der Waals surface area (Å²) < 4.78 is 11.8. The van der Waals surface area contributed by atoms with Crippen molar-refractivity contribution in [3.63, 3.8) is 0 Å². The van der Waals surface area contributed by atoms with Crippen LogP contribution in [0.1, 0.15) is 51.9 Å². The van der Waals surface area contributed by atoms with Crippen molar-refractivity contribution in [3.8, 4) is 0 Å². The minimum absolute atomic E-state index is 0.0395. The second-order valence-electron chi connectivity index (χ2n) is 7.78. The van der Waals surface area contributed by atoms with Gasteiger partial charge in [-0.15, -0.1) is 0 Å². The van der Waals surface area contributed by atoms with Crippen LogP contribution in [0.3, 0.4) is 0 Å². The molecule has 152 valence electrons. The zero-order chi connectivity index (χ0) is 20.3. The van der Waals surface area contributed by atoms with Crippen molar-refractivity contribution in [2.24, 2.45) is 11.8 Å². The van der Waals surface area contributed by atoms with E-state index in [1.54, 1.807) is 0 Å². The highest BCUT2D eigenvalue weighted by molar-refractivity contribution is 9.10. The average Bonchev–Trinajstić information content (AvgIpc) is 3.18. The molecule has 0 amide bonds. The van der Waals surface area contributed by atoms with Gasteiger partial charge in [0, 0.05) is 17.6 Å². The van der Waals surface area contributed by atoms with Gasteiger partial charge in [-0.3, -0.25) is 4.79 Å². The van der Waals surface area contributed by atoms with Crippen LogP contribution in [-0.4, -0.2) is 35.8 Å². The second-order valence-corrected chi connectivity index (χ2v) is 8.69. The number of halogens is 1. The second kappa shape index (κ2) is 8.64. The number of rotatable bonds is 6. The summed E-state index contributed by atoms with van der Waals surface area (Å²) in [7, 11) is 0. The Labute approximate surface area is 174 Å². The van der Waals surface area contributed by atoms with Crippen LogP contribution in [0.4, 0.5) is 6.01 Å². The quantitative estimate of drug-likeness (QED) is 0.601. The van der Waals surface area contributed by atoms with Crippen LogP contribution in [0.5, 0.6) is 0 Å². The topological polar surface area (TPSA) is 68.5 Å². The summed E-state index contributed by atoms with van der Waals surface area (Å²) in [5.74, 6) is 0.833. The Kier molecular flexibility index (Phi) is 6.43. The molecular formula is C21H28BrN3O3. The number of carbonyl (C=O) groups excluding carboxylic acids is 1. The number of anilines is 1. The number of benzene rings is 1. The highest BCUT2D eigenvalue weighted by Crippen LogP contribution is 2.38. The monoisotopic (exact) mass is 449 g/mol. The van der Waals surface area contributed by atoms with Gasteiger partial charge < -0.3 is 14.2 Å². The van der Waals surface area contributed by atoms with Crippen molar-refractivity contribution < 1.29 is 14.1 Å². The molecule has 0 bridgehead atoms. The number of hydrogen-bond acceptors (Lipinski definition) is 6. The van der Waals surface area contributed by atoms with E-state index in [-0.39, 0.29) is 23.2 Å². The highest BCUT2D eigenvalue weighted by Gasteiger charge is 2.38. The van der Waals surface area contributed by atoms with Crippen LogP contribution in [-0.2, 0) is 14.9 Å². The Morgan fingerprint density at radius 2 is 1.96 bits per heavy atom. The molecule has 3 rings (SSSR count). The first-order valence-electron chi connectivity index (χ1n) is 9.88. The summed E-state index contributed by atoms with van der Waals surface area (Å²) >= 11 is 3.50. The fourth-order valence-corrected chi connectivity index (χ4v) is 3.90. The summed E-state index contributed by atoms with van der Waals surface area (Å²) in [5.41, 5.74) is 0.796. The van der Waals surface area contributed by atoms with Crippen LogP contribution in [0, 0.1) is 11.8 Å². The maximum absolute atomic E-state index is 11.9. The zero-order valence-electron chi connectivity index (χ0n) is 16.9. The predicted molar refractivity (Wildman–Crippen MR) is 111 cm³/mol. The van der Waals surface area contributed by atoms with Crippen LogP contribution < -0.4 is 4.90 Å². The number of aromatic nitrogens is 2. The summed E-state index contributed by atoms with van der Waals surface area (Å²) in [4.78, 5) is 18.8. The summed E-state index contributed by atoms with van der Waals surface area (Å²) in [6.07, 6.45) is 1.48. The van der Waals surface area contributed by atoms with E-state index in [2.05, 4.69) is 58.9 Å². The van der Waals surface area contributed by atoms with Gasteiger partial charge in [0.25, 0.3) is 0 Å². The Balaban J connectivity index is 1.77. The van der Waals surface area contributed by atoms with Crippen molar-refractivity contribution in [1.29, 1.82) is 0 Å². The molecule has 7 heteroatoms. The van der Waals surface area contributed by atoms with Gasteiger partial charge in [-0.05, 0) is 50.3 Å². The number of ether oxygens (including phenoxy) is 1. The number of carbonyl (C=O) groups is 1. The lowest BCUT2D eigenvalue weighted by Crippen LogP contribution is -2.37. The lowest BCUT2D eigenvalue weighted by Gasteiger charge is -2.31. The van der Waals surface area contributed by atoms with E-state index in [1.165, 1.54) is 0 Å². The van der Waals surface area contributed by atoms with Crippen molar-refractivity contribution in [1.82, 2.24) is 10.1 Å². The molecule has 1 aliphatic heterocycles. The van der Waals surface area contributed by atoms with Gasteiger partial charge in [0.15, 0.2) is 5.82 Å². The summed E-state index contributed by atoms with van der Waals surface area (Å²) in [5, 5.41) is 4.34. The number of esters is 1. The van der Waals surface area contributed by atoms with E-state index >= 15 is 0 Å². The van der Waals surface area contributed by atoms with Crippen LogP contribution in [0.25, 0.3) is 0 Å². The van der Waals surface area contributed by atoms with E-state index in [4.69, 9.17) is 14.2 Å². The van der Waals surface area contributed by atoms with Crippen LogP contribution in [0.15, 0.2) is 33.3 Å². The largest absolute Gasteiger partial charge is 0.466 e. The standard InChI is InChI=1S/C21H28BrN3O3/c1-5-27-18(26)15-10-12-25(13-11-15)20-23-19(24-28-20)21(4,14(2)3)16-6-8-17(22)9-7-16/h6-9,14-15H,5,10-13H2,1-4H3. The minimum atomic E-state index is -0.355. The van der Waals surface area contributed by atoms with Crippen LogP contribution in [0.2, 0.25) is 0 Å². The molecule has 1 aliphatic rings. The number of nitrogens with zero attached hydrogens (tertiary/aromatic N) is 3. The van der Waals surface area contributed by atoms with Crippen molar-refractivity contribution in [3.05, 3.63) is 40.1 Å². The van der Waals surface area contributed by atoms with E-state index in [0.29, 0.717) is 31.5 Å². The summed E-state index contributed by atoms with van der Waals surface area (Å²) in [6, 6.07) is 8.81. The molecule has 2 heterocycles. The molecule has 0 spiro atoms. The smallest absolute Gasteiger partial charge is 0.324 e. The molecule has 6 nitrogen and oxygen atoms in total. The van der Waals surface area contributed by atoms with Gasteiger partial charge in [-0.2, -0.15) is 4.98 Å². The molecule has 0 saturated carbocycles. The Hall–Kier alpha value is -1.89. The van der Waals surface area contributed by atoms with Gasteiger partial charge >= 0.3 is 12.0 Å². The van der Waals surface area contributed by atoms with Gasteiger partial charge in [-0.25, -0.2) is 0 Å². The van der Waals surface area contributed by atoms with Gasteiger partial charge in [0.1, 0.15) is 0 Å². The first kappa shape index (κ1) is 20.8. The lowest BCUT2D eigenvalue weighted by atomic mass is 9.73. The fraction of sp³-hybridized carbons (Fsp3) is 0.571. The number of piperidine rings is 1. The highest BCUT2D eigenvalue weighted by atomic mass is 79.9. The Morgan fingerprint density at radius 1 is 1.32 bits per heavy atom. The molecular weight excluding hydrogens is 422 g/mol. The number of hydrogen-bond donors (Lipinski definition) is 0. The normalized spacial score (nSPS) is 17.6. The molecule has 1 aromatic carbocycles. The molecule has 1 aromatic heterocycles. The molecule has 1 unspecified atom stereocenters. The molecule has 2 aromatic rings.